The molecule has 0 unspecified atom stereocenters. The molecule has 0 bridgehead atoms. The molecule has 8 heteroatoms. The maximum absolute atomic E-state index is 14.4. The van der Waals surface area contributed by atoms with E-state index in [1.54, 1.807) is 4.90 Å². The number of nitrogens with two attached hydrogens (primary N) is 1. The van der Waals surface area contributed by atoms with Crippen LogP contribution >= 0.6 is 11.6 Å². The average molecular weight is 573 g/mol. The van der Waals surface area contributed by atoms with Crippen LogP contribution in [0.3, 0.4) is 0 Å². The lowest BCUT2D eigenvalue weighted by Crippen LogP contribution is -2.53. The lowest BCUT2D eigenvalue weighted by Gasteiger charge is -2.42. The lowest BCUT2D eigenvalue weighted by molar-refractivity contribution is -0.146. The molecule has 2 N–H and O–H groups in total. The first kappa shape index (κ1) is 30.8. The number of benzene rings is 1. The van der Waals surface area contributed by atoms with Gasteiger partial charge in [-0.2, -0.15) is 0 Å². The number of rotatable bonds is 5. The van der Waals surface area contributed by atoms with Crippen molar-refractivity contribution in [3.63, 3.8) is 0 Å². The van der Waals surface area contributed by atoms with Crippen LogP contribution in [-0.4, -0.2) is 75.7 Å². The van der Waals surface area contributed by atoms with E-state index in [-0.39, 0.29) is 41.3 Å². The van der Waals surface area contributed by atoms with Gasteiger partial charge in [0.05, 0.1) is 12.0 Å². The van der Waals surface area contributed by atoms with Gasteiger partial charge in [-0.1, -0.05) is 51.4 Å². The summed E-state index contributed by atoms with van der Waals surface area (Å²) < 4.78 is 0. The van der Waals surface area contributed by atoms with E-state index >= 15 is 0 Å². The first-order chi connectivity index (χ1) is 18.6. The van der Waals surface area contributed by atoms with Crippen LogP contribution in [0.25, 0.3) is 0 Å². The van der Waals surface area contributed by atoms with E-state index in [2.05, 4.69) is 32.6 Å². The van der Waals surface area contributed by atoms with Crippen molar-refractivity contribution in [3.05, 3.63) is 34.9 Å². The van der Waals surface area contributed by atoms with E-state index in [1.807, 2.05) is 49.9 Å². The Kier molecular flexibility index (Phi) is 8.97. The van der Waals surface area contributed by atoms with Crippen molar-refractivity contribution < 1.29 is 14.4 Å². The highest BCUT2D eigenvalue weighted by atomic mass is 35.5. The summed E-state index contributed by atoms with van der Waals surface area (Å²) in [5.41, 5.74) is 6.35. The number of amides is 3. The molecular weight excluding hydrogens is 524 g/mol. The highest BCUT2D eigenvalue weighted by Gasteiger charge is 2.50. The Balaban J connectivity index is 1.64. The maximum Gasteiger partial charge on any atom is 0.240 e. The molecule has 2 aliphatic heterocycles. The molecule has 1 saturated carbocycles. The molecule has 2 heterocycles. The second kappa shape index (κ2) is 11.6. The standard InChI is InChI=1S/C32H49ClN4O3/c1-20-8-14-23(15-9-20)37(30(40)31(2,3)4)24-16-27(28(34)38)36(17-24)29(39)26-19-35(32(5,6)7)18-25(26)21-10-12-22(33)13-11-21/h10-13,20,23-27H,8-9,14-19H2,1-7H3,(H2,34,38)/t20?,23?,24-,25-,26+,27-/m0/s1. The fraction of sp³-hybridized carbons (Fsp3) is 0.719. The summed E-state index contributed by atoms with van der Waals surface area (Å²) in [6.07, 6.45) is 4.48. The molecule has 3 fully saturated rings. The molecule has 3 aliphatic rings. The topological polar surface area (TPSA) is 87.0 Å². The Morgan fingerprint density at radius 2 is 1.50 bits per heavy atom. The quantitative estimate of drug-likeness (QED) is 0.534. The summed E-state index contributed by atoms with van der Waals surface area (Å²) in [5.74, 6) is -0.135. The van der Waals surface area contributed by atoms with Gasteiger partial charge in [0.2, 0.25) is 17.7 Å². The van der Waals surface area contributed by atoms with Gasteiger partial charge in [0.15, 0.2) is 0 Å². The Hall–Kier alpha value is -2.12. The third-order valence-electron chi connectivity index (χ3n) is 9.42. The van der Waals surface area contributed by atoms with Gasteiger partial charge in [0, 0.05) is 47.6 Å². The van der Waals surface area contributed by atoms with Crippen LogP contribution in [0, 0.1) is 17.3 Å². The number of carbonyl (C=O) groups excluding carboxylic acids is 3. The van der Waals surface area contributed by atoms with Gasteiger partial charge < -0.3 is 15.5 Å². The maximum atomic E-state index is 14.4. The molecule has 2 saturated heterocycles. The molecule has 0 spiro atoms. The monoisotopic (exact) mass is 572 g/mol. The molecule has 1 aliphatic carbocycles. The van der Waals surface area contributed by atoms with E-state index in [0.29, 0.717) is 30.5 Å². The van der Waals surface area contributed by atoms with Crippen molar-refractivity contribution in [3.8, 4) is 0 Å². The van der Waals surface area contributed by atoms with Gasteiger partial charge in [-0.15, -0.1) is 0 Å². The molecule has 4 rings (SSSR count). The SMILES string of the molecule is CC1CCC(N(C(=O)C(C)(C)C)[C@H]2C[C@@H](C(N)=O)N(C(=O)[C@@H]3CN(C(C)(C)C)C[C@H]3c3ccc(Cl)cc3)C2)CC1. The van der Waals surface area contributed by atoms with Crippen molar-refractivity contribution in [2.24, 2.45) is 23.0 Å². The van der Waals surface area contributed by atoms with E-state index in [0.717, 1.165) is 37.8 Å². The van der Waals surface area contributed by atoms with Gasteiger partial charge in [-0.05, 0) is 76.5 Å². The molecule has 222 valence electrons. The molecule has 0 aromatic heterocycles. The zero-order valence-corrected chi connectivity index (χ0v) is 26.2. The highest BCUT2D eigenvalue weighted by Crippen LogP contribution is 2.40. The average Bonchev–Trinajstić information content (AvgIpc) is 3.51. The number of halogens is 1. The summed E-state index contributed by atoms with van der Waals surface area (Å²) in [6.45, 7) is 16.3. The Labute approximate surface area is 245 Å². The predicted octanol–water partition coefficient (Wildman–Crippen LogP) is 5.06. The van der Waals surface area contributed by atoms with Crippen LogP contribution in [0.4, 0.5) is 0 Å². The Bertz CT molecular complexity index is 1080. The minimum absolute atomic E-state index is 0.0243. The van der Waals surface area contributed by atoms with Gasteiger partial charge in [-0.3, -0.25) is 19.3 Å². The summed E-state index contributed by atoms with van der Waals surface area (Å²) >= 11 is 6.18. The molecule has 1 aromatic rings. The number of hydrogen-bond acceptors (Lipinski definition) is 4. The van der Waals surface area contributed by atoms with Crippen molar-refractivity contribution >= 4 is 29.3 Å². The number of hydrogen-bond donors (Lipinski definition) is 1. The van der Waals surface area contributed by atoms with Crippen LogP contribution in [0.15, 0.2) is 24.3 Å². The summed E-state index contributed by atoms with van der Waals surface area (Å²) in [5, 5.41) is 0.661. The molecule has 7 nitrogen and oxygen atoms in total. The second-order valence-corrected chi connectivity index (χ2v) is 15.0. The smallest absolute Gasteiger partial charge is 0.240 e. The largest absolute Gasteiger partial charge is 0.368 e. The third kappa shape index (κ3) is 6.51. The number of primary amides is 1. The van der Waals surface area contributed by atoms with Gasteiger partial charge in [0.1, 0.15) is 6.04 Å². The molecule has 1 aromatic carbocycles. The molecular formula is C32H49ClN4O3. The summed E-state index contributed by atoms with van der Waals surface area (Å²) in [7, 11) is 0. The van der Waals surface area contributed by atoms with Crippen molar-refractivity contribution in [2.45, 2.75) is 110 Å². The predicted molar refractivity (Wildman–Crippen MR) is 160 cm³/mol. The van der Waals surface area contributed by atoms with Gasteiger partial charge in [0.25, 0.3) is 0 Å². The second-order valence-electron chi connectivity index (χ2n) is 14.5. The minimum atomic E-state index is -0.718. The van der Waals surface area contributed by atoms with E-state index in [4.69, 9.17) is 17.3 Å². The van der Waals surface area contributed by atoms with Crippen LogP contribution in [0.1, 0.15) is 92.1 Å². The van der Waals surface area contributed by atoms with Crippen LogP contribution in [0.2, 0.25) is 5.02 Å². The third-order valence-corrected chi connectivity index (χ3v) is 9.67. The number of carbonyl (C=O) groups is 3. The fourth-order valence-electron chi connectivity index (χ4n) is 6.93. The van der Waals surface area contributed by atoms with Crippen molar-refractivity contribution in [1.29, 1.82) is 0 Å². The highest BCUT2D eigenvalue weighted by molar-refractivity contribution is 6.30. The molecule has 3 amide bonds. The van der Waals surface area contributed by atoms with Crippen LogP contribution < -0.4 is 5.73 Å². The van der Waals surface area contributed by atoms with E-state index in [1.165, 1.54) is 0 Å². The minimum Gasteiger partial charge on any atom is -0.368 e. The Morgan fingerprint density at radius 1 is 0.900 bits per heavy atom. The van der Waals surface area contributed by atoms with Crippen molar-refractivity contribution in [1.82, 2.24) is 14.7 Å². The zero-order chi connectivity index (χ0) is 29.6. The molecule has 4 atom stereocenters. The first-order valence-electron chi connectivity index (χ1n) is 15.0. The molecule has 0 radical (unpaired) electrons. The Morgan fingerprint density at radius 3 is 2.02 bits per heavy atom. The van der Waals surface area contributed by atoms with Crippen LogP contribution in [-0.2, 0) is 14.4 Å². The summed E-state index contributed by atoms with van der Waals surface area (Å²) in [4.78, 5) is 47.1. The van der Waals surface area contributed by atoms with Crippen LogP contribution in [0.5, 0.6) is 0 Å². The van der Waals surface area contributed by atoms with Gasteiger partial charge >= 0.3 is 0 Å². The number of nitrogens with zero attached hydrogens (tertiary/aromatic N) is 3. The molecule has 40 heavy (non-hydrogen) atoms. The summed E-state index contributed by atoms with van der Waals surface area (Å²) in [6, 6.07) is 6.94. The first-order valence-corrected chi connectivity index (χ1v) is 15.4. The van der Waals surface area contributed by atoms with E-state index in [9.17, 15) is 14.4 Å². The van der Waals surface area contributed by atoms with Crippen molar-refractivity contribution in [2.75, 3.05) is 19.6 Å². The fourth-order valence-corrected chi connectivity index (χ4v) is 7.05. The zero-order valence-electron chi connectivity index (χ0n) is 25.5. The van der Waals surface area contributed by atoms with E-state index < -0.39 is 17.4 Å². The number of likely N-dealkylation sites (tertiary alicyclic amines) is 2. The lowest BCUT2D eigenvalue weighted by atomic mass is 9.84. The van der Waals surface area contributed by atoms with Gasteiger partial charge in [-0.25, -0.2) is 0 Å². The normalized spacial score (nSPS) is 29.9.